The molecule has 4 heteroatoms. The number of aromatic nitrogens is 2. The highest BCUT2D eigenvalue weighted by Crippen LogP contribution is 2.69. The van der Waals surface area contributed by atoms with Gasteiger partial charge in [0, 0.05) is 23.3 Å². The molecule has 2 fully saturated rings. The Hall–Kier alpha value is -2.10. The van der Waals surface area contributed by atoms with Crippen LogP contribution in [0.15, 0.2) is 24.3 Å². The maximum absolute atomic E-state index is 13.4. The predicted molar refractivity (Wildman–Crippen MR) is 106 cm³/mol. The first-order valence-corrected chi connectivity index (χ1v) is 10.8. The van der Waals surface area contributed by atoms with E-state index in [9.17, 15) is 10.4 Å². The van der Waals surface area contributed by atoms with E-state index in [4.69, 9.17) is 0 Å². The van der Waals surface area contributed by atoms with Gasteiger partial charge in [0.1, 0.15) is 0 Å². The summed E-state index contributed by atoms with van der Waals surface area (Å²) in [5, 5.41) is 26.9. The summed E-state index contributed by atoms with van der Waals surface area (Å²) in [6.07, 6.45) is 4.29. The van der Waals surface area contributed by atoms with Crippen molar-refractivity contribution in [3.63, 3.8) is 0 Å². The maximum Gasteiger partial charge on any atom is 0.290 e. The molecule has 28 heavy (non-hydrogen) atoms. The molecule has 6 rings (SSSR count). The van der Waals surface area contributed by atoms with Crippen LogP contribution in [-0.4, -0.2) is 0 Å². The van der Waals surface area contributed by atoms with E-state index >= 15 is 0 Å². The molecule has 2 heterocycles. The van der Waals surface area contributed by atoms with E-state index < -0.39 is 0 Å². The third-order valence-electron chi connectivity index (χ3n) is 8.82. The number of hydrogen-bond acceptors (Lipinski definition) is 2. The van der Waals surface area contributed by atoms with Crippen molar-refractivity contribution in [1.29, 1.82) is 0 Å². The molecule has 4 nitrogen and oxygen atoms in total. The smallest absolute Gasteiger partial charge is 0.290 e. The molecule has 0 spiro atoms. The fourth-order valence-corrected chi connectivity index (χ4v) is 6.91. The predicted octanol–water partition coefficient (Wildman–Crippen LogP) is 3.99. The summed E-state index contributed by atoms with van der Waals surface area (Å²) in [5.41, 5.74) is 5.60. The fraction of sp³-hybridized carbons (Fsp3) is 0.583. The maximum atomic E-state index is 13.4. The van der Waals surface area contributed by atoms with E-state index in [1.54, 1.807) is 0 Å². The summed E-state index contributed by atoms with van der Waals surface area (Å²) in [6, 6.07) is 7.92. The Kier molecular flexibility index (Phi) is 2.94. The first-order valence-electron chi connectivity index (χ1n) is 10.8. The van der Waals surface area contributed by atoms with Crippen LogP contribution < -0.4 is 9.46 Å². The van der Waals surface area contributed by atoms with Gasteiger partial charge >= 0.3 is 0 Å². The topological polar surface area (TPSA) is 53.9 Å². The first-order chi connectivity index (χ1) is 13.2. The number of nitrogens with zero attached hydrogens (tertiary/aromatic N) is 2. The fourth-order valence-electron chi connectivity index (χ4n) is 6.91. The van der Waals surface area contributed by atoms with Gasteiger partial charge in [-0.3, -0.25) is 0 Å². The third kappa shape index (κ3) is 1.87. The van der Waals surface area contributed by atoms with Gasteiger partial charge in [-0.05, 0) is 60.5 Å². The molecule has 0 unspecified atom stereocenters. The average molecular weight is 377 g/mol. The molecule has 0 bridgehead atoms. The van der Waals surface area contributed by atoms with Crippen molar-refractivity contribution in [2.75, 3.05) is 0 Å². The second-order valence-electron chi connectivity index (χ2n) is 10.7. The van der Waals surface area contributed by atoms with Gasteiger partial charge in [0.2, 0.25) is 11.4 Å². The molecular weight excluding hydrogens is 348 g/mol. The van der Waals surface area contributed by atoms with Gasteiger partial charge in [0.25, 0.3) is 11.4 Å². The van der Waals surface area contributed by atoms with Crippen molar-refractivity contribution in [2.24, 2.45) is 22.7 Å². The normalized spacial score (nSPS) is 32.6. The molecule has 0 radical (unpaired) electrons. The zero-order chi connectivity index (χ0) is 19.6. The van der Waals surface area contributed by atoms with Crippen molar-refractivity contribution in [3.8, 4) is 11.4 Å². The summed E-state index contributed by atoms with van der Waals surface area (Å²) in [4.78, 5) is 0. The number of aryl methyl sites for hydroxylation is 2. The molecule has 0 N–H and O–H groups in total. The standard InChI is InChI=1S/C24H28N2O2/c1-23(2)15-9-5-13-7-11-17(25(27)21(13)19(15)23)18-12-8-14-6-10-16-20(24(16,3)4)22(14)26(18)28/h7-8,11-12,15-16,19-20H,5-6,9-10H2,1-4H3/t15-,16-,19-,20-/m1/s1. The Balaban J connectivity index is 1.51. The minimum absolute atomic E-state index is 0.199. The zero-order valence-electron chi connectivity index (χ0n) is 17.2. The van der Waals surface area contributed by atoms with Crippen LogP contribution in [0, 0.1) is 33.1 Å². The Morgan fingerprint density at radius 2 is 1.11 bits per heavy atom. The number of hydrogen-bond donors (Lipinski definition) is 0. The molecule has 4 atom stereocenters. The van der Waals surface area contributed by atoms with E-state index in [0.717, 1.165) is 33.7 Å². The first kappa shape index (κ1) is 16.8. The average Bonchev–Trinajstić information content (AvgIpc) is 3.44. The van der Waals surface area contributed by atoms with Gasteiger partial charge in [-0.25, -0.2) is 0 Å². The lowest BCUT2D eigenvalue weighted by Gasteiger charge is -2.19. The van der Waals surface area contributed by atoms with Crippen molar-refractivity contribution >= 4 is 0 Å². The van der Waals surface area contributed by atoms with Gasteiger partial charge in [0.05, 0.1) is 11.8 Å². The van der Waals surface area contributed by atoms with Crippen molar-refractivity contribution in [1.82, 2.24) is 0 Å². The van der Waals surface area contributed by atoms with E-state index in [-0.39, 0.29) is 10.8 Å². The van der Waals surface area contributed by atoms with Gasteiger partial charge in [0.15, 0.2) is 0 Å². The minimum atomic E-state index is 0.199. The second-order valence-corrected chi connectivity index (χ2v) is 10.7. The highest BCUT2D eigenvalue weighted by atomic mass is 16.5. The molecule has 0 aliphatic heterocycles. The Labute approximate surface area is 166 Å². The Morgan fingerprint density at radius 1 is 0.714 bits per heavy atom. The number of rotatable bonds is 1. The molecule has 146 valence electrons. The van der Waals surface area contributed by atoms with Gasteiger partial charge < -0.3 is 10.4 Å². The van der Waals surface area contributed by atoms with Crippen LogP contribution >= 0.6 is 0 Å². The molecule has 2 saturated carbocycles. The van der Waals surface area contributed by atoms with E-state index in [2.05, 4.69) is 39.8 Å². The van der Waals surface area contributed by atoms with Crippen molar-refractivity contribution in [3.05, 3.63) is 57.2 Å². The van der Waals surface area contributed by atoms with Crippen LogP contribution in [0.3, 0.4) is 0 Å². The van der Waals surface area contributed by atoms with Crippen LogP contribution in [0.4, 0.5) is 0 Å². The lowest BCUT2D eigenvalue weighted by Crippen LogP contribution is -2.43. The summed E-state index contributed by atoms with van der Waals surface area (Å²) in [7, 11) is 0. The van der Waals surface area contributed by atoms with Gasteiger partial charge in [-0.15, -0.1) is 0 Å². The Bertz CT molecular complexity index is 956. The van der Waals surface area contributed by atoms with Crippen LogP contribution in [0.1, 0.15) is 74.9 Å². The molecule has 4 aliphatic rings. The highest BCUT2D eigenvalue weighted by molar-refractivity contribution is 5.51. The van der Waals surface area contributed by atoms with Crippen LogP contribution in [0.25, 0.3) is 11.4 Å². The quantitative estimate of drug-likeness (QED) is 0.558. The summed E-state index contributed by atoms with van der Waals surface area (Å²) >= 11 is 0. The Morgan fingerprint density at radius 3 is 1.50 bits per heavy atom. The summed E-state index contributed by atoms with van der Waals surface area (Å²) < 4.78 is 2.19. The minimum Gasteiger partial charge on any atom is -0.618 e. The van der Waals surface area contributed by atoms with Crippen molar-refractivity contribution in [2.45, 2.75) is 65.2 Å². The number of fused-ring (bicyclic) bond motifs is 6. The van der Waals surface area contributed by atoms with E-state index in [1.165, 1.54) is 24.0 Å². The molecule has 0 saturated heterocycles. The summed E-state index contributed by atoms with van der Waals surface area (Å²) in [5.74, 6) is 1.87. The van der Waals surface area contributed by atoms with E-state index in [0.29, 0.717) is 35.1 Å². The molecule has 2 aromatic rings. The van der Waals surface area contributed by atoms with Crippen LogP contribution in [0.5, 0.6) is 0 Å². The van der Waals surface area contributed by atoms with Crippen LogP contribution in [0.2, 0.25) is 0 Å². The third-order valence-corrected chi connectivity index (χ3v) is 8.82. The molecule has 2 aromatic heterocycles. The number of pyridine rings is 2. The lowest BCUT2D eigenvalue weighted by atomic mass is 9.94. The largest absolute Gasteiger partial charge is 0.618 e. The summed E-state index contributed by atoms with van der Waals surface area (Å²) in [6.45, 7) is 9.08. The monoisotopic (exact) mass is 376 g/mol. The SMILES string of the molecule is CC1(C)[C@@H]2CCc3ccc(-c4ccc5c([n+]4[O-])[C@H]4[C@@H](CC5)C4(C)C)[n+]([O-])c3[C@@H]21. The van der Waals surface area contributed by atoms with Gasteiger partial charge in [-0.2, -0.15) is 9.46 Å². The highest BCUT2D eigenvalue weighted by Gasteiger charge is 2.65. The molecule has 4 aliphatic carbocycles. The molecular formula is C24H28N2O2. The van der Waals surface area contributed by atoms with Crippen LogP contribution in [-0.2, 0) is 12.8 Å². The van der Waals surface area contributed by atoms with Gasteiger partial charge in [-0.1, -0.05) is 27.7 Å². The zero-order valence-corrected chi connectivity index (χ0v) is 17.2. The van der Waals surface area contributed by atoms with Crippen molar-refractivity contribution < 1.29 is 9.46 Å². The lowest BCUT2D eigenvalue weighted by molar-refractivity contribution is -0.635. The second kappa shape index (κ2) is 4.90. The molecule has 0 amide bonds. The molecule has 0 aromatic carbocycles. The van der Waals surface area contributed by atoms with E-state index in [1.807, 2.05) is 12.1 Å².